The molecule has 1 aromatic carbocycles. The van der Waals surface area contributed by atoms with Gasteiger partial charge in [0.05, 0.1) is 0 Å². The molecular weight excluding hydrogens is 252 g/mol. The number of rotatable bonds is 2. The summed E-state index contributed by atoms with van der Waals surface area (Å²) in [4.78, 5) is 0. The highest BCUT2D eigenvalue weighted by Gasteiger charge is 2.15. The summed E-state index contributed by atoms with van der Waals surface area (Å²) in [5.74, 6) is 1.25. The van der Waals surface area contributed by atoms with Crippen LogP contribution in [-0.2, 0) is 0 Å². The van der Waals surface area contributed by atoms with Crippen molar-refractivity contribution < 1.29 is 0 Å². The SMILES string of the molecule is CC(C)c1ccc(C2CCCCCCCC2)cc1Cl. The fourth-order valence-electron chi connectivity index (χ4n) is 3.23. The fraction of sp³-hybridized carbons (Fsp3) is 0.667. The van der Waals surface area contributed by atoms with Crippen LogP contribution in [-0.4, -0.2) is 0 Å². The van der Waals surface area contributed by atoms with Crippen molar-refractivity contribution in [3.63, 3.8) is 0 Å². The summed E-state index contributed by atoms with van der Waals surface area (Å²) in [6.45, 7) is 4.42. The molecule has 0 N–H and O–H groups in total. The van der Waals surface area contributed by atoms with E-state index < -0.39 is 0 Å². The van der Waals surface area contributed by atoms with E-state index in [1.54, 1.807) is 0 Å². The Hall–Kier alpha value is -0.490. The van der Waals surface area contributed by atoms with Gasteiger partial charge in [-0.2, -0.15) is 0 Å². The number of benzene rings is 1. The maximum Gasteiger partial charge on any atom is 0.0443 e. The van der Waals surface area contributed by atoms with Crippen molar-refractivity contribution in [3.8, 4) is 0 Å². The summed E-state index contributed by atoms with van der Waals surface area (Å²) in [6.07, 6.45) is 11.1. The molecule has 0 bridgehead atoms. The Morgan fingerprint density at radius 2 is 1.53 bits per heavy atom. The lowest BCUT2D eigenvalue weighted by molar-refractivity contribution is 0.539. The first-order valence-electron chi connectivity index (χ1n) is 7.98. The van der Waals surface area contributed by atoms with Crippen LogP contribution in [0.5, 0.6) is 0 Å². The molecule has 0 nitrogen and oxygen atoms in total. The Balaban J connectivity index is 2.12. The normalized spacial score (nSPS) is 18.9. The third kappa shape index (κ3) is 4.24. The molecule has 0 radical (unpaired) electrons. The van der Waals surface area contributed by atoms with Gasteiger partial charge in [0.25, 0.3) is 0 Å². The topological polar surface area (TPSA) is 0 Å². The van der Waals surface area contributed by atoms with Gasteiger partial charge in [-0.15, -0.1) is 0 Å². The van der Waals surface area contributed by atoms with Gasteiger partial charge >= 0.3 is 0 Å². The lowest BCUT2D eigenvalue weighted by Crippen LogP contribution is -2.00. The molecule has 1 heteroatoms. The zero-order valence-corrected chi connectivity index (χ0v) is 13.2. The van der Waals surface area contributed by atoms with Crippen LogP contribution in [0.1, 0.15) is 88.2 Å². The predicted molar refractivity (Wildman–Crippen MR) is 85.2 cm³/mol. The van der Waals surface area contributed by atoms with Crippen molar-refractivity contribution in [3.05, 3.63) is 34.3 Å². The lowest BCUT2D eigenvalue weighted by atomic mass is 9.88. The number of halogens is 1. The summed E-state index contributed by atoms with van der Waals surface area (Å²) in [6, 6.07) is 6.80. The minimum atomic E-state index is 0.516. The summed E-state index contributed by atoms with van der Waals surface area (Å²) in [7, 11) is 0. The molecule has 0 unspecified atom stereocenters. The molecule has 0 saturated heterocycles. The maximum atomic E-state index is 6.45. The molecule has 1 aromatic rings. The highest BCUT2D eigenvalue weighted by molar-refractivity contribution is 6.31. The van der Waals surface area contributed by atoms with Crippen LogP contribution in [0.4, 0.5) is 0 Å². The third-order valence-corrected chi connectivity index (χ3v) is 4.80. The third-order valence-electron chi connectivity index (χ3n) is 4.47. The first kappa shape index (κ1) is 14.9. The molecular formula is C18H27Cl. The molecule has 0 spiro atoms. The van der Waals surface area contributed by atoms with Gasteiger partial charge in [0, 0.05) is 5.02 Å². The Labute approximate surface area is 123 Å². The summed E-state index contributed by atoms with van der Waals surface area (Å²) in [5.41, 5.74) is 2.75. The maximum absolute atomic E-state index is 6.45. The number of hydrogen-bond donors (Lipinski definition) is 0. The summed E-state index contributed by atoms with van der Waals surface area (Å²) < 4.78 is 0. The Kier molecular flexibility index (Phi) is 5.76. The fourth-order valence-corrected chi connectivity index (χ4v) is 3.64. The average molecular weight is 279 g/mol. The average Bonchev–Trinajstić information content (AvgIpc) is 2.51. The molecule has 0 aliphatic heterocycles. The Morgan fingerprint density at radius 3 is 2.05 bits per heavy atom. The van der Waals surface area contributed by atoms with Gasteiger partial charge in [-0.1, -0.05) is 76.1 Å². The molecule has 19 heavy (non-hydrogen) atoms. The van der Waals surface area contributed by atoms with Crippen molar-refractivity contribution in [1.29, 1.82) is 0 Å². The predicted octanol–water partition coefficient (Wildman–Crippen LogP) is 6.68. The van der Waals surface area contributed by atoms with E-state index in [4.69, 9.17) is 11.6 Å². The lowest BCUT2D eigenvalue weighted by Gasteiger charge is -2.18. The molecule has 1 saturated carbocycles. The van der Waals surface area contributed by atoms with Crippen LogP contribution in [0.25, 0.3) is 0 Å². The van der Waals surface area contributed by atoms with Crippen molar-refractivity contribution in [2.24, 2.45) is 0 Å². The molecule has 1 aliphatic rings. The monoisotopic (exact) mass is 278 g/mol. The van der Waals surface area contributed by atoms with E-state index in [0.29, 0.717) is 5.92 Å². The van der Waals surface area contributed by atoms with E-state index in [1.807, 2.05) is 0 Å². The molecule has 0 atom stereocenters. The smallest absolute Gasteiger partial charge is 0.0443 e. The van der Waals surface area contributed by atoms with Gasteiger partial charge < -0.3 is 0 Å². The highest BCUT2D eigenvalue weighted by Crippen LogP contribution is 2.34. The summed E-state index contributed by atoms with van der Waals surface area (Å²) >= 11 is 6.45. The van der Waals surface area contributed by atoms with Crippen molar-refractivity contribution in [2.45, 2.75) is 77.0 Å². The van der Waals surface area contributed by atoms with Gasteiger partial charge in [0.15, 0.2) is 0 Å². The Bertz CT molecular complexity index is 385. The number of hydrogen-bond acceptors (Lipinski definition) is 0. The molecule has 0 heterocycles. The second-order valence-corrected chi connectivity index (χ2v) is 6.74. The van der Waals surface area contributed by atoms with Crippen molar-refractivity contribution in [2.75, 3.05) is 0 Å². The zero-order valence-electron chi connectivity index (χ0n) is 12.4. The van der Waals surface area contributed by atoms with Crippen LogP contribution in [0.3, 0.4) is 0 Å². The van der Waals surface area contributed by atoms with Crippen LogP contribution in [0.15, 0.2) is 18.2 Å². The highest BCUT2D eigenvalue weighted by atomic mass is 35.5. The van der Waals surface area contributed by atoms with Crippen LogP contribution in [0.2, 0.25) is 5.02 Å². The van der Waals surface area contributed by atoms with Crippen LogP contribution < -0.4 is 0 Å². The van der Waals surface area contributed by atoms with E-state index in [1.165, 1.54) is 62.5 Å². The molecule has 106 valence electrons. The standard InChI is InChI=1S/C18H27Cl/c1-14(2)17-12-11-16(13-18(17)19)15-9-7-5-3-4-6-8-10-15/h11-15H,3-10H2,1-2H3. The van der Waals surface area contributed by atoms with Crippen LogP contribution in [0, 0.1) is 0 Å². The summed E-state index contributed by atoms with van der Waals surface area (Å²) in [5, 5.41) is 0.965. The van der Waals surface area contributed by atoms with Gasteiger partial charge in [-0.25, -0.2) is 0 Å². The Morgan fingerprint density at radius 1 is 0.947 bits per heavy atom. The van der Waals surface area contributed by atoms with E-state index in [9.17, 15) is 0 Å². The first-order chi connectivity index (χ1) is 9.18. The largest absolute Gasteiger partial charge is 0.0840 e. The zero-order chi connectivity index (χ0) is 13.7. The second kappa shape index (κ2) is 7.33. The first-order valence-corrected chi connectivity index (χ1v) is 8.35. The van der Waals surface area contributed by atoms with Crippen molar-refractivity contribution in [1.82, 2.24) is 0 Å². The minimum absolute atomic E-state index is 0.516. The van der Waals surface area contributed by atoms with Gasteiger partial charge in [-0.3, -0.25) is 0 Å². The quantitative estimate of drug-likeness (QED) is 0.566. The van der Waals surface area contributed by atoms with Gasteiger partial charge in [0.1, 0.15) is 0 Å². The molecule has 0 aromatic heterocycles. The molecule has 1 fully saturated rings. The minimum Gasteiger partial charge on any atom is -0.0840 e. The van der Waals surface area contributed by atoms with Crippen LogP contribution >= 0.6 is 11.6 Å². The van der Waals surface area contributed by atoms with Crippen molar-refractivity contribution >= 4 is 11.6 Å². The van der Waals surface area contributed by atoms with E-state index in [2.05, 4.69) is 32.0 Å². The van der Waals surface area contributed by atoms with E-state index in [-0.39, 0.29) is 0 Å². The molecule has 0 amide bonds. The molecule has 2 rings (SSSR count). The van der Waals surface area contributed by atoms with Gasteiger partial charge in [-0.05, 0) is 41.9 Å². The molecule has 1 aliphatic carbocycles. The van der Waals surface area contributed by atoms with Gasteiger partial charge in [0.2, 0.25) is 0 Å². The second-order valence-electron chi connectivity index (χ2n) is 6.33. The van der Waals surface area contributed by atoms with E-state index in [0.717, 1.165) is 10.9 Å². The van der Waals surface area contributed by atoms with E-state index >= 15 is 0 Å².